The van der Waals surface area contributed by atoms with Crippen molar-refractivity contribution >= 4 is 32.7 Å². The number of anilines is 1. The molecule has 0 aliphatic rings. The molecule has 0 spiro atoms. The molecule has 3 N–H and O–H groups in total. The van der Waals surface area contributed by atoms with Crippen molar-refractivity contribution in [3.05, 3.63) is 12.7 Å². The number of rotatable bonds is 25. The maximum atomic E-state index is 12.4. The summed E-state index contributed by atoms with van der Waals surface area (Å²) < 4.78 is 67.7. The van der Waals surface area contributed by atoms with E-state index in [2.05, 4.69) is 28.0 Å². The summed E-state index contributed by atoms with van der Waals surface area (Å²) in [6.07, 6.45) is 9.53. The molecular formula is C29H53F3N5O5PSi. The first-order valence-corrected chi connectivity index (χ1v) is 21.1. The van der Waals surface area contributed by atoms with Crippen LogP contribution in [-0.2, 0) is 25.1 Å². The van der Waals surface area contributed by atoms with Crippen LogP contribution in [0.2, 0.25) is 25.2 Å². The molecule has 0 saturated carbocycles. The SMILES string of the molecule is C[C@H](Cn1cnc2c(N)ncnc21)OCP(=O)(O)OCCCOCCCCCCCCCCCC[Si](C)(C)CCC(F)(F)F. The number of fused-ring (bicyclic) bond motifs is 1. The fourth-order valence-electron chi connectivity index (χ4n) is 4.92. The highest BCUT2D eigenvalue weighted by Gasteiger charge is 2.31. The quantitative estimate of drug-likeness (QED) is 0.0615. The van der Waals surface area contributed by atoms with Crippen LogP contribution in [0, 0.1) is 0 Å². The molecule has 0 amide bonds. The molecule has 10 nitrogen and oxygen atoms in total. The van der Waals surface area contributed by atoms with Gasteiger partial charge in [0, 0.05) is 27.7 Å². The normalized spacial score (nSPS) is 14.7. The minimum atomic E-state index is -4.02. The summed E-state index contributed by atoms with van der Waals surface area (Å²) in [5, 5.41) is 0. The highest BCUT2D eigenvalue weighted by Crippen LogP contribution is 2.42. The second kappa shape index (κ2) is 19.8. The van der Waals surface area contributed by atoms with Crippen LogP contribution in [-0.4, -0.2) is 70.9 Å². The van der Waals surface area contributed by atoms with E-state index >= 15 is 0 Å². The Balaban J connectivity index is 1.37. The Kier molecular flexibility index (Phi) is 17.4. The maximum Gasteiger partial charge on any atom is 0.388 e. The third-order valence-corrected chi connectivity index (χ3v) is 12.0. The van der Waals surface area contributed by atoms with E-state index < -0.39 is 34.6 Å². The standard InChI is InChI=1S/C29H53F3N5O5PSi/c1-25(21-37-23-36-26-27(33)34-22-35-28(26)37)41-24-43(38,39)42-18-14-17-40-16-12-10-8-6-4-5-7-9-11-13-19-44(2,3)20-15-29(30,31)32/h22-23,25H,4-21,24H2,1-3H3,(H,38,39)(H2,33,34,35)/t25-/m1/s1. The van der Waals surface area contributed by atoms with Gasteiger partial charge in [-0.25, -0.2) is 15.0 Å². The zero-order valence-electron chi connectivity index (χ0n) is 26.7. The van der Waals surface area contributed by atoms with Crippen LogP contribution < -0.4 is 5.73 Å². The average Bonchev–Trinajstić information content (AvgIpc) is 3.36. The number of nitrogens with zero attached hydrogens (tertiary/aromatic N) is 4. The van der Waals surface area contributed by atoms with Crippen molar-refractivity contribution in [1.82, 2.24) is 19.5 Å². The second-order valence-corrected chi connectivity index (χ2v) is 19.6. The van der Waals surface area contributed by atoms with Crippen molar-refractivity contribution in [2.75, 3.05) is 31.9 Å². The number of hydrogen-bond donors (Lipinski definition) is 2. The molecule has 0 fully saturated rings. The molecule has 0 aromatic carbocycles. The third-order valence-electron chi connectivity index (χ3n) is 7.61. The van der Waals surface area contributed by atoms with E-state index in [1.54, 1.807) is 17.8 Å². The molecule has 0 radical (unpaired) electrons. The Morgan fingerprint density at radius 3 is 2.20 bits per heavy atom. The molecule has 2 rings (SSSR count). The van der Waals surface area contributed by atoms with Crippen LogP contribution >= 0.6 is 7.60 Å². The number of imidazole rings is 1. The smallest absolute Gasteiger partial charge is 0.382 e. The Labute approximate surface area is 261 Å². The van der Waals surface area contributed by atoms with E-state index in [1.165, 1.54) is 44.9 Å². The first-order valence-electron chi connectivity index (χ1n) is 15.9. The number of unbranched alkanes of at least 4 members (excludes halogenated alkanes) is 9. The van der Waals surface area contributed by atoms with Gasteiger partial charge in [0.25, 0.3) is 0 Å². The summed E-state index contributed by atoms with van der Waals surface area (Å²) in [4.78, 5) is 22.3. The van der Waals surface area contributed by atoms with Gasteiger partial charge in [0.2, 0.25) is 0 Å². The van der Waals surface area contributed by atoms with Crippen LogP contribution in [0.5, 0.6) is 0 Å². The zero-order chi connectivity index (χ0) is 32.5. The van der Waals surface area contributed by atoms with E-state index in [4.69, 9.17) is 19.7 Å². The Hall–Kier alpha value is -1.57. The molecule has 0 bridgehead atoms. The molecule has 2 heterocycles. The minimum Gasteiger partial charge on any atom is -0.382 e. The summed E-state index contributed by atoms with van der Waals surface area (Å²) in [5.41, 5.74) is 6.87. The van der Waals surface area contributed by atoms with Crippen LogP contribution in [0.4, 0.5) is 19.0 Å². The van der Waals surface area contributed by atoms with Gasteiger partial charge in [0.05, 0.1) is 25.6 Å². The van der Waals surface area contributed by atoms with E-state index in [1.807, 2.05) is 0 Å². The number of ether oxygens (including phenoxy) is 2. The molecule has 15 heteroatoms. The second-order valence-electron chi connectivity index (χ2n) is 12.4. The van der Waals surface area contributed by atoms with E-state index in [0.29, 0.717) is 49.2 Å². The maximum absolute atomic E-state index is 12.4. The molecule has 2 aromatic rings. The van der Waals surface area contributed by atoms with Crippen molar-refractivity contribution in [3.8, 4) is 0 Å². The van der Waals surface area contributed by atoms with Crippen LogP contribution in [0.15, 0.2) is 12.7 Å². The lowest BCUT2D eigenvalue weighted by Gasteiger charge is -2.23. The number of halogens is 3. The van der Waals surface area contributed by atoms with E-state index in [0.717, 1.165) is 31.7 Å². The largest absolute Gasteiger partial charge is 0.388 e. The highest BCUT2D eigenvalue weighted by molar-refractivity contribution is 7.52. The summed E-state index contributed by atoms with van der Waals surface area (Å²) in [7, 11) is -5.60. The minimum absolute atomic E-state index is 0.117. The molecule has 1 unspecified atom stereocenters. The Morgan fingerprint density at radius 1 is 0.932 bits per heavy atom. The molecule has 2 aromatic heterocycles. The molecule has 0 saturated heterocycles. The molecule has 0 aliphatic carbocycles. The molecule has 44 heavy (non-hydrogen) atoms. The predicted molar refractivity (Wildman–Crippen MR) is 170 cm³/mol. The lowest BCUT2D eigenvalue weighted by molar-refractivity contribution is -0.130. The Morgan fingerprint density at radius 2 is 1.55 bits per heavy atom. The van der Waals surface area contributed by atoms with Gasteiger partial charge in [-0.1, -0.05) is 76.9 Å². The highest BCUT2D eigenvalue weighted by atomic mass is 31.2. The fourth-order valence-corrected chi connectivity index (χ4v) is 8.27. The molecule has 254 valence electrons. The van der Waals surface area contributed by atoms with Gasteiger partial charge >= 0.3 is 13.8 Å². The summed E-state index contributed by atoms with van der Waals surface area (Å²) in [6.45, 7) is 7.57. The van der Waals surface area contributed by atoms with Gasteiger partial charge in [0.1, 0.15) is 18.2 Å². The number of aromatic nitrogens is 4. The zero-order valence-corrected chi connectivity index (χ0v) is 28.6. The summed E-state index contributed by atoms with van der Waals surface area (Å²) in [5.74, 6) is 0.291. The lowest BCUT2D eigenvalue weighted by atomic mass is 10.1. The predicted octanol–water partition coefficient (Wildman–Crippen LogP) is 7.94. The lowest BCUT2D eigenvalue weighted by Crippen LogP contribution is -2.27. The van der Waals surface area contributed by atoms with Crippen molar-refractivity contribution < 1.29 is 36.6 Å². The first-order chi connectivity index (χ1) is 20.8. The molecule has 0 aliphatic heterocycles. The number of hydrogen-bond acceptors (Lipinski definition) is 8. The average molecular weight is 668 g/mol. The van der Waals surface area contributed by atoms with Gasteiger partial charge in [-0.05, 0) is 25.8 Å². The molecule has 2 atom stereocenters. The van der Waals surface area contributed by atoms with Gasteiger partial charge in [-0.3, -0.25) is 4.57 Å². The van der Waals surface area contributed by atoms with Crippen LogP contribution in [0.1, 0.15) is 84.0 Å². The topological polar surface area (TPSA) is 135 Å². The first kappa shape index (κ1) is 38.6. The van der Waals surface area contributed by atoms with Crippen molar-refractivity contribution in [1.29, 1.82) is 0 Å². The number of nitrogen functional groups attached to an aromatic ring is 1. The van der Waals surface area contributed by atoms with E-state index in [-0.39, 0.29) is 12.7 Å². The summed E-state index contributed by atoms with van der Waals surface area (Å²) in [6, 6.07) is 1.34. The number of nitrogens with two attached hydrogens (primary N) is 1. The van der Waals surface area contributed by atoms with Crippen LogP contribution in [0.25, 0.3) is 11.2 Å². The van der Waals surface area contributed by atoms with Crippen molar-refractivity contribution in [3.63, 3.8) is 0 Å². The number of alkyl halides is 3. The van der Waals surface area contributed by atoms with Gasteiger partial charge in [0.15, 0.2) is 11.5 Å². The summed E-state index contributed by atoms with van der Waals surface area (Å²) >= 11 is 0. The monoisotopic (exact) mass is 667 g/mol. The third kappa shape index (κ3) is 17.2. The van der Waals surface area contributed by atoms with E-state index in [9.17, 15) is 22.6 Å². The molecular weight excluding hydrogens is 614 g/mol. The van der Waals surface area contributed by atoms with Gasteiger partial charge < -0.3 is 29.2 Å². The Bertz CT molecular complexity index is 1120. The van der Waals surface area contributed by atoms with Crippen molar-refractivity contribution in [2.45, 2.75) is 128 Å². The fraction of sp³-hybridized carbons (Fsp3) is 0.828. The van der Waals surface area contributed by atoms with Gasteiger partial charge in [-0.15, -0.1) is 0 Å². The van der Waals surface area contributed by atoms with Crippen LogP contribution in [0.3, 0.4) is 0 Å². The van der Waals surface area contributed by atoms with Gasteiger partial charge in [-0.2, -0.15) is 13.2 Å². The van der Waals surface area contributed by atoms with Crippen molar-refractivity contribution in [2.24, 2.45) is 0 Å².